The molecule has 8 aromatic rings. The molecular formula is C49H33N. The van der Waals surface area contributed by atoms with Crippen LogP contribution in [0.2, 0.25) is 0 Å². The molecular weight excluding hydrogens is 603 g/mol. The van der Waals surface area contributed by atoms with Crippen LogP contribution in [0, 0.1) is 0 Å². The summed E-state index contributed by atoms with van der Waals surface area (Å²) in [6.45, 7) is 0. The predicted octanol–water partition coefficient (Wildman–Crippen LogP) is 12.8. The second-order valence-corrected chi connectivity index (χ2v) is 13.2. The Hall–Kier alpha value is -6.44. The number of hydrogen-bond acceptors (Lipinski definition) is 1. The molecule has 0 bridgehead atoms. The summed E-state index contributed by atoms with van der Waals surface area (Å²) in [5.41, 5.74) is 18.6. The highest BCUT2D eigenvalue weighted by atomic mass is 15.1. The number of benzene rings is 8. The molecule has 0 aromatic heterocycles. The van der Waals surface area contributed by atoms with Crippen LogP contribution in [-0.4, -0.2) is 0 Å². The summed E-state index contributed by atoms with van der Waals surface area (Å²) in [5.74, 6) is 0. The lowest BCUT2D eigenvalue weighted by molar-refractivity contribution is 0.794. The summed E-state index contributed by atoms with van der Waals surface area (Å²) < 4.78 is 0. The number of fused-ring (bicyclic) bond motifs is 10. The van der Waals surface area contributed by atoms with E-state index in [1.54, 1.807) is 0 Å². The highest BCUT2D eigenvalue weighted by Crippen LogP contribution is 2.63. The van der Waals surface area contributed by atoms with Gasteiger partial charge in [-0.1, -0.05) is 164 Å². The highest BCUT2D eigenvalue weighted by molar-refractivity contribution is 5.96. The normalized spacial score (nSPS) is 13.0. The van der Waals surface area contributed by atoms with E-state index in [0.717, 1.165) is 17.1 Å². The molecule has 0 radical (unpaired) electrons. The lowest BCUT2D eigenvalue weighted by Gasteiger charge is -2.31. The molecule has 2 aliphatic rings. The van der Waals surface area contributed by atoms with Crippen molar-refractivity contribution in [3.63, 3.8) is 0 Å². The van der Waals surface area contributed by atoms with Gasteiger partial charge in [-0.15, -0.1) is 0 Å². The molecule has 1 nitrogen and oxygen atoms in total. The minimum atomic E-state index is -0.344. The fraction of sp³-hybridized carbons (Fsp3) is 0.0204. The van der Waals surface area contributed by atoms with Crippen LogP contribution in [-0.2, 0) is 5.41 Å². The van der Waals surface area contributed by atoms with Crippen LogP contribution in [0.4, 0.5) is 17.1 Å². The molecule has 0 atom stereocenters. The van der Waals surface area contributed by atoms with Gasteiger partial charge in [0.2, 0.25) is 0 Å². The lowest BCUT2D eigenvalue weighted by Crippen LogP contribution is -2.25. The van der Waals surface area contributed by atoms with Crippen molar-refractivity contribution < 1.29 is 0 Å². The van der Waals surface area contributed by atoms with Crippen molar-refractivity contribution in [2.45, 2.75) is 5.41 Å². The highest BCUT2D eigenvalue weighted by Gasteiger charge is 2.51. The van der Waals surface area contributed by atoms with E-state index in [1.807, 2.05) is 0 Å². The second-order valence-electron chi connectivity index (χ2n) is 13.2. The van der Waals surface area contributed by atoms with Crippen LogP contribution in [0.15, 0.2) is 200 Å². The fourth-order valence-corrected chi connectivity index (χ4v) is 8.65. The summed E-state index contributed by atoms with van der Waals surface area (Å²) in [5, 5.41) is 0. The zero-order chi connectivity index (χ0) is 33.1. The molecule has 0 saturated carbocycles. The maximum Gasteiger partial charge on any atom is 0.0725 e. The Labute approximate surface area is 293 Å². The van der Waals surface area contributed by atoms with Gasteiger partial charge in [-0.2, -0.15) is 0 Å². The predicted molar refractivity (Wildman–Crippen MR) is 208 cm³/mol. The van der Waals surface area contributed by atoms with Crippen LogP contribution >= 0.6 is 0 Å². The Balaban J connectivity index is 1.13. The first-order valence-corrected chi connectivity index (χ1v) is 17.4. The molecule has 10 rings (SSSR count). The van der Waals surface area contributed by atoms with Gasteiger partial charge in [0.05, 0.1) is 5.41 Å². The van der Waals surface area contributed by atoms with E-state index in [2.05, 4.69) is 205 Å². The van der Waals surface area contributed by atoms with E-state index < -0.39 is 0 Å². The molecule has 0 saturated heterocycles. The summed E-state index contributed by atoms with van der Waals surface area (Å²) >= 11 is 0. The Morgan fingerprint density at radius 1 is 0.260 bits per heavy atom. The van der Waals surface area contributed by atoms with Gasteiger partial charge in [0.1, 0.15) is 0 Å². The van der Waals surface area contributed by atoms with Crippen molar-refractivity contribution in [1.29, 1.82) is 0 Å². The van der Waals surface area contributed by atoms with E-state index in [4.69, 9.17) is 0 Å². The third-order valence-electron chi connectivity index (χ3n) is 10.7. The number of hydrogen-bond donors (Lipinski definition) is 0. The molecule has 50 heavy (non-hydrogen) atoms. The number of anilines is 3. The molecule has 0 aliphatic heterocycles. The van der Waals surface area contributed by atoms with E-state index in [1.165, 1.54) is 66.8 Å². The monoisotopic (exact) mass is 635 g/mol. The molecule has 0 unspecified atom stereocenters. The molecule has 2 aliphatic carbocycles. The zero-order valence-electron chi connectivity index (χ0n) is 27.5. The first-order chi connectivity index (χ1) is 24.8. The van der Waals surface area contributed by atoms with Crippen molar-refractivity contribution in [2.75, 3.05) is 4.90 Å². The Morgan fingerprint density at radius 2 is 0.640 bits per heavy atom. The molecule has 8 aromatic carbocycles. The van der Waals surface area contributed by atoms with Crippen molar-refractivity contribution in [1.82, 2.24) is 0 Å². The second kappa shape index (κ2) is 11.3. The van der Waals surface area contributed by atoms with Gasteiger partial charge < -0.3 is 4.90 Å². The van der Waals surface area contributed by atoms with Gasteiger partial charge >= 0.3 is 0 Å². The maximum absolute atomic E-state index is 2.41. The number of para-hydroxylation sites is 1. The number of rotatable bonds is 5. The van der Waals surface area contributed by atoms with Crippen LogP contribution in [0.25, 0.3) is 44.5 Å². The zero-order valence-corrected chi connectivity index (χ0v) is 27.5. The average Bonchev–Trinajstić information content (AvgIpc) is 3.66. The van der Waals surface area contributed by atoms with E-state index in [-0.39, 0.29) is 5.41 Å². The Bertz CT molecular complexity index is 2480. The minimum absolute atomic E-state index is 0.344. The first-order valence-electron chi connectivity index (χ1n) is 17.4. The molecule has 0 fully saturated rings. The first kappa shape index (κ1) is 28.6. The smallest absolute Gasteiger partial charge is 0.0725 e. The molecule has 1 heteroatoms. The fourth-order valence-electron chi connectivity index (χ4n) is 8.65. The van der Waals surface area contributed by atoms with Crippen molar-refractivity contribution >= 4 is 17.1 Å². The van der Waals surface area contributed by atoms with E-state index in [9.17, 15) is 0 Å². The van der Waals surface area contributed by atoms with E-state index in [0.29, 0.717) is 0 Å². The van der Waals surface area contributed by atoms with Gasteiger partial charge in [0.25, 0.3) is 0 Å². The van der Waals surface area contributed by atoms with Crippen LogP contribution in [0.5, 0.6) is 0 Å². The van der Waals surface area contributed by atoms with Gasteiger partial charge in [0.15, 0.2) is 0 Å². The van der Waals surface area contributed by atoms with Crippen LogP contribution in [0.3, 0.4) is 0 Å². The van der Waals surface area contributed by atoms with Crippen molar-refractivity contribution in [2.24, 2.45) is 0 Å². The van der Waals surface area contributed by atoms with E-state index >= 15 is 0 Å². The summed E-state index contributed by atoms with van der Waals surface area (Å²) in [7, 11) is 0. The Morgan fingerprint density at radius 3 is 1.20 bits per heavy atom. The van der Waals surface area contributed by atoms with Gasteiger partial charge in [-0.25, -0.2) is 0 Å². The van der Waals surface area contributed by atoms with Gasteiger partial charge in [-0.3, -0.25) is 0 Å². The van der Waals surface area contributed by atoms with Crippen LogP contribution < -0.4 is 4.90 Å². The summed E-state index contributed by atoms with van der Waals surface area (Å²) in [6.07, 6.45) is 0. The number of nitrogens with zero attached hydrogens (tertiary/aromatic N) is 1. The molecule has 0 amide bonds. The SMILES string of the molecule is c1ccc(-c2ccccc2-c2ccc(N(c3ccccc3)c3ccc4c(c3)-c3ccccc3C43c4ccccc4-c4ccccc43)cc2)cc1. The third kappa shape index (κ3) is 4.14. The van der Waals surface area contributed by atoms with Crippen molar-refractivity contribution in [3.8, 4) is 44.5 Å². The molecule has 0 N–H and O–H groups in total. The molecule has 234 valence electrons. The van der Waals surface area contributed by atoms with Gasteiger partial charge in [0, 0.05) is 17.1 Å². The quantitative estimate of drug-likeness (QED) is 0.182. The lowest BCUT2D eigenvalue weighted by atomic mass is 9.70. The maximum atomic E-state index is 2.41. The van der Waals surface area contributed by atoms with Crippen molar-refractivity contribution in [3.05, 3.63) is 222 Å². The summed E-state index contributed by atoms with van der Waals surface area (Å²) in [4.78, 5) is 2.39. The third-order valence-corrected chi connectivity index (χ3v) is 10.7. The average molecular weight is 636 g/mol. The largest absolute Gasteiger partial charge is 0.310 e. The topological polar surface area (TPSA) is 3.24 Å². The standard InChI is InChI=1S/C49H33N/c1-3-15-34(16-4-1)39-19-7-8-20-40(39)35-27-29-37(30-28-35)50(36-17-5-2-6-18-36)38-31-32-48-44(33-38)43-23-11-14-26-47(43)49(48)45-24-12-9-21-41(45)42-22-10-13-25-46(42)49/h1-33H. The summed E-state index contributed by atoms with van der Waals surface area (Å²) in [6, 6.07) is 73.2. The minimum Gasteiger partial charge on any atom is -0.310 e. The van der Waals surface area contributed by atoms with Gasteiger partial charge in [-0.05, 0) is 103 Å². The Kier molecular flexibility index (Phi) is 6.47. The molecule has 1 spiro atoms. The molecule has 0 heterocycles. The van der Waals surface area contributed by atoms with Crippen LogP contribution in [0.1, 0.15) is 22.3 Å².